The fraction of sp³-hybridized carbons (Fsp3) is 0.556. The molecule has 124 valence electrons. The van der Waals surface area contributed by atoms with Crippen molar-refractivity contribution in [3.05, 3.63) is 32.8 Å². The summed E-state index contributed by atoms with van der Waals surface area (Å²) in [4.78, 5) is 24.6. The number of ketones is 1. The minimum absolute atomic E-state index is 0.0661. The molecule has 1 aromatic rings. The van der Waals surface area contributed by atoms with Crippen molar-refractivity contribution in [2.24, 2.45) is 11.3 Å². The number of fused-ring (bicyclic) bond motifs is 1. The number of methoxy groups -OCH3 is 1. The monoisotopic (exact) mass is 354 g/mol. The Hall–Kier alpha value is -1.06. The van der Waals surface area contributed by atoms with Gasteiger partial charge in [0.2, 0.25) is 0 Å². The van der Waals surface area contributed by atoms with E-state index >= 15 is 0 Å². The van der Waals surface area contributed by atoms with E-state index in [2.05, 4.69) is 6.92 Å². The zero-order valence-electron chi connectivity index (χ0n) is 13.4. The van der Waals surface area contributed by atoms with Crippen molar-refractivity contribution in [1.82, 2.24) is 0 Å². The van der Waals surface area contributed by atoms with E-state index in [-0.39, 0.29) is 23.2 Å². The lowest BCUT2D eigenvalue weighted by Gasteiger charge is -2.29. The maximum Gasteiger partial charge on any atom is 0.310 e. The number of Topliss-reactive ketones (excluding diaryl/α,β-unsaturated/α-hetero) is 1. The van der Waals surface area contributed by atoms with Crippen molar-refractivity contribution < 1.29 is 14.3 Å². The first-order chi connectivity index (χ1) is 10.9. The summed E-state index contributed by atoms with van der Waals surface area (Å²) in [5.74, 6) is 0.142. The van der Waals surface area contributed by atoms with Crippen molar-refractivity contribution in [1.29, 1.82) is 0 Å². The Kier molecular flexibility index (Phi) is 4.45. The summed E-state index contributed by atoms with van der Waals surface area (Å²) >= 11 is 12.7. The minimum atomic E-state index is -0.393. The van der Waals surface area contributed by atoms with Crippen molar-refractivity contribution in [2.75, 3.05) is 7.11 Å². The number of rotatable bonds is 3. The largest absolute Gasteiger partial charge is 0.469 e. The van der Waals surface area contributed by atoms with Crippen LogP contribution in [0.2, 0.25) is 10.0 Å². The summed E-state index contributed by atoms with van der Waals surface area (Å²) in [5.41, 5.74) is 1.71. The molecule has 1 atom stereocenters. The molecular weight excluding hydrogens is 335 g/mol. The number of carbonyl (C=O) groups excluding carboxylic acids is 2. The van der Waals surface area contributed by atoms with Crippen LogP contribution < -0.4 is 0 Å². The predicted octanol–water partition coefficient (Wildman–Crippen LogP) is 4.64. The van der Waals surface area contributed by atoms with Crippen molar-refractivity contribution in [2.45, 2.75) is 45.4 Å². The second-order valence-electron chi connectivity index (χ2n) is 6.86. The highest BCUT2D eigenvalue weighted by Gasteiger charge is 2.49. The average molecular weight is 355 g/mol. The van der Waals surface area contributed by atoms with Crippen LogP contribution >= 0.6 is 23.2 Å². The topological polar surface area (TPSA) is 43.4 Å². The van der Waals surface area contributed by atoms with Gasteiger partial charge < -0.3 is 4.74 Å². The van der Waals surface area contributed by atoms with Gasteiger partial charge in [0.15, 0.2) is 5.78 Å². The Bertz CT molecular complexity index is 677. The molecule has 0 radical (unpaired) electrons. The first kappa shape index (κ1) is 16.8. The molecule has 1 aromatic carbocycles. The molecule has 3 nitrogen and oxygen atoms in total. The van der Waals surface area contributed by atoms with Crippen LogP contribution in [0, 0.1) is 11.3 Å². The van der Waals surface area contributed by atoms with E-state index in [0.717, 1.165) is 18.4 Å². The summed E-state index contributed by atoms with van der Waals surface area (Å²) in [5, 5.41) is 0.578. The van der Waals surface area contributed by atoms with Gasteiger partial charge in [-0.2, -0.15) is 0 Å². The number of hydrogen-bond acceptors (Lipinski definition) is 3. The van der Waals surface area contributed by atoms with E-state index in [4.69, 9.17) is 27.9 Å². The molecule has 2 aliphatic rings. The van der Waals surface area contributed by atoms with Crippen molar-refractivity contribution in [3.8, 4) is 0 Å². The summed E-state index contributed by atoms with van der Waals surface area (Å²) < 4.78 is 4.70. The molecule has 0 heterocycles. The quantitative estimate of drug-likeness (QED) is 0.742. The molecule has 0 saturated heterocycles. The SMILES string of the molecule is COC(=O)Cc1cc2c(c(Cl)c1Cl)C(=O)C(C)(C1CCCC1)C2. The normalized spacial score (nSPS) is 24.1. The van der Waals surface area contributed by atoms with E-state index in [1.165, 1.54) is 20.0 Å². The number of ether oxygens (including phenoxy) is 1. The number of hydrogen-bond donors (Lipinski definition) is 0. The lowest BCUT2D eigenvalue weighted by atomic mass is 9.73. The summed E-state index contributed by atoms with van der Waals surface area (Å²) in [6.45, 7) is 2.05. The molecule has 2 aliphatic carbocycles. The van der Waals surface area contributed by atoms with Crippen LogP contribution in [0.4, 0.5) is 0 Å². The second-order valence-corrected chi connectivity index (χ2v) is 7.61. The third-order valence-electron chi connectivity index (χ3n) is 5.49. The Labute approximate surface area is 146 Å². The minimum Gasteiger partial charge on any atom is -0.469 e. The first-order valence-electron chi connectivity index (χ1n) is 8.00. The predicted molar refractivity (Wildman–Crippen MR) is 90.3 cm³/mol. The van der Waals surface area contributed by atoms with Gasteiger partial charge in [-0.05, 0) is 36.3 Å². The molecule has 0 aromatic heterocycles. The molecule has 23 heavy (non-hydrogen) atoms. The molecule has 0 N–H and O–H groups in total. The van der Waals surface area contributed by atoms with Gasteiger partial charge in [0.05, 0.1) is 23.6 Å². The number of halogens is 2. The van der Waals surface area contributed by atoms with Crippen LogP contribution in [-0.2, 0) is 22.4 Å². The van der Waals surface area contributed by atoms with E-state index in [1.54, 1.807) is 0 Å². The van der Waals surface area contributed by atoms with E-state index in [0.29, 0.717) is 28.5 Å². The maximum atomic E-state index is 13.0. The van der Waals surface area contributed by atoms with Crippen LogP contribution in [0.3, 0.4) is 0 Å². The number of benzene rings is 1. The van der Waals surface area contributed by atoms with Crippen LogP contribution in [0.25, 0.3) is 0 Å². The first-order valence-corrected chi connectivity index (χ1v) is 8.75. The summed E-state index contributed by atoms with van der Waals surface area (Å²) in [6.07, 6.45) is 5.30. The Morgan fingerprint density at radius 2 is 1.96 bits per heavy atom. The lowest BCUT2D eigenvalue weighted by Crippen LogP contribution is -2.32. The highest BCUT2D eigenvalue weighted by atomic mass is 35.5. The number of esters is 1. The van der Waals surface area contributed by atoms with E-state index < -0.39 is 5.41 Å². The van der Waals surface area contributed by atoms with Gasteiger partial charge in [-0.1, -0.05) is 49.0 Å². The number of carbonyl (C=O) groups is 2. The maximum absolute atomic E-state index is 13.0. The average Bonchev–Trinajstić information content (AvgIpc) is 3.13. The molecule has 0 aliphatic heterocycles. The van der Waals surface area contributed by atoms with Gasteiger partial charge in [0.1, 0.15) is 0 Å². The molecular formula is C18H20Cl2O3. The van der Waals surface area contributed by atoms with Gasteiger partial charge in [0.25, 0.3) is 0 Å². The fourth-order valence-corrected chi connectivity index (χ4v) is 4.68. The Morgan fingerprint density at radius 1 is 1.30 bits per heavy atom. The zero-order valence-corrected chi connectivity index (χ0v) is 14.9. The molecule has 1 unspecified atom stereocenters. The van der Waals surface area contributed by atoms with Crippen LogP contribution in [0.1, 0.15) is 54.1 Å². The van der Waals surface area contributed by atoms with E-state index in [9.17, 15) is 9.59 Å². The van der Waals surface area contributed by atoms with Gasteiger partial charge >= 0.3 is 5.97 Å². The highest BCUT2D eigenvalue weighted by Crippen LogP contribution is 2.51. The second kappa shape index (κ2) is 6.10. The van der Waals surface area contributed by atoms with Gasteiger partial charge in [-0.15, -0.1) is 0 Å². The van der Waals surface area contributed by atoms with Gasteiger partial charge in [0, 0.05) is 11.0 Å². The van der Waals surface area contributed by atoms with Gasteiger partial charge in [-0.25, -0.2) is 0 Å². The summed E-state index contributed by atoms with van der Waals surface area (Å²) in [6, 6.07) is 1.86. The van der Waals surface area contributed by atoms with Crippen LogP contribution in [0.5, 0.6) is 0 Å². The molecule has 3 rings (SSSR count). The highest BCUT2D eigenvalue weighted by molar-refractivity contribution is 6.45. The third-order valence-corrected chi connectivity index (χ3v) is 6.39. The molecule has 1 saturated carbocycles. The zero-order chi connectivity index (χ0) is 16.8. The molecule has 0 amide bonds. The van der Waals surface area contributed by atoms with E-state index in [1.807, 2.05) is 6.07 Å². The van der Waals surface area contributed by atoms with Crippen LogP contribution in [0.15, 0.2) is 6.07 Å². The Balaban J connectivity index is 2.01. The molecule has 5 heteroatoms. The summed E-state index contributed by atoms with van der Waals surface area (Å²) in [7, 11) is 1.34. The molecule has 1 fully saturated rings. The van der Waals surface area contributed by atoms with Gasteiger partial charge in [-0.3, -0.25) is 9.59 Å². The third kappa shape index (κ3) is 2.68. The van der Waals surface area contributed by atoms with Crippen LogP contribution in [-0.4, -0.2) is 18.9 Å². The smallest absolute Gasteiger partial charge is 0.310 e. The van der Waals surface area contributed by atoms with Crippen molar-refractivity contribution >= 4 is 35.0 Å². The lowest BCUT2D eigenvalue weighted by molar-refractivity contribution is -0.139. The fourth-order valence-electron chi connectivity index (χ4n) is 4.13. The molecule has 0 bridgehead atoms. The van der Waals surface area contributed by atoms with Crippen molar-refractivity contribution in [3.63, 3.8) is 0 Å². The Morgan fingerprint density at radius 3 is 2.57 bits per heavy atom. The molecule has 0 spiro atoms. The standard InChI is InChI=1S/C18H20Cl2O3/c1-18(12-5-3-4-6-12)9-11-7-10(8-13(21)23-2)15(19)16(20)14(11)17(18)22/h7,12H,3-6,8-9H2,1-2H3.